The summed E-state index contributed by atoms with van der Waals surface area (Å²) in [7, 11) is 1.65. The van der Waals surface area contributed by atoms with Crippen molar-refractivity contribution in [3.05, 3.63) is 16.3 Å². The number of ether oxygens (including phenoxy) is 1. The van der Waals surface area contributed by atoms with Crippen LogP contribution in [0.3, 0.4) is 0 Å². The molecule has 0 aliphatic rings. The lowest BCUT2D eigenvalue weighted by atomic mass is 10.3. The van der Waals surface area contributed by atoms with Gasteiger partial charge in [0.15, 0.2) is 5.69 Å². The van der Waals surface area contributed by atoms with Crippen LogP contribution in [0, 0.1) is 10.1 Å². The summed E-state index contributed by atoms with van der Waals surface area (Å²) in [6.07, 6.45) is 3.24. The molecule has 15 heavy (non-hydrogen) atoms. The number of anilines is 1. The van der Waals surface area contributed by atoms with Crippen molar-refractivity contribution >= 4 is 11.5 Å². The van der Waals surface area contributed by atoms with Crippen LogP contribution in [0.5, 0.6) is 0 Å². The average Bonchev–Trinajstić information content (AvgIpc) is 2.66. The fourth-order valence-electron chi connectivity index (χ4n) is 1.14. The average molecular weight is 214 g/mol. The number of rotatable bonds is 7. The summed E-state index contributed by atoms with van der Waals surface area (Å²) in [4.78, 5) is 10.00. The van der Waals surface area contributed by atoms with Crippen LogP contribution in [-0.4, -0.2) is 35.4 Å². The van der Waals surface area contributed by atoms with Crippen LogP contribution >= 0.6 is 0 Å². The molecule has 0 saturated heterocycles. The summed E-state index contributed by atoms with van der Waals surface area (Å²) >= 11 is 0. The maximum atomic E-state index is 10.5. The quantitative estimate of drug-likeness (QED) is 0.403. The Morgan fingerprint density at radius 1 is 1.67 bits per heavy atom. The van der Waals surface area contributed by atoms with Gasteiger partial charge in [-0.05, 0) is 17.8 Å². The van der Waals surface area contributed by atoms with Gasteiger partial charge in [0, 0.05) is 20.3 Å². The number of nitrogens with zero attached hydrogens (tertiary/aromatic N) is 2. The highest BCUT2D eigenvalue weighted by Crippen LogP contribution is 2.19. The van der Waals surface area contributed by atoms with Crippen molar-refractivity contribution < 1.29 is 9.66 Å². The minimum absolute atomic E-state index is 0.0956. The SMILES string of the molecule is COCCCCNc1cn[nH]c1[N+](=O)[O-]. The Morgan fingerprint density at radius 2 is 2.47 bits per heavy atom. The van der Waals surface area contributed by atoms with Gasteiger partial charge in [-0.1, -0.05) is 5.10 Å². The molecule has 0 aliphatic carbocycles. The minimum Gasteiger partial charge on any atom is -0.385 e. The van der Waals surface area contributed by atoms with Crippen LogP contribution in [0.25, 0.3) is 0 Å². The van der Waals surface area contributed by atoms with Gasteiger partial charge < -0.3 is 20.2 Å². The summed E-state index contributed by atoms with van der Waals surface area (Å²) < 4.78 is 4.89. The molecule has 0 fully saturated rings. The number of hydrogen-bond donors (Lipinski definition) is 2. The summed E-state index contributed by atoms with van der Waals surface area (Å²) in [5.74, 6) is -0.0956. The lowest BCUT2D eigenvalue weighted by Gasteiger charge is -2.02. The van der Waals surface area contributed by atoms with Crippen molar-refractivity contribution in [2.45, 2.75) is 12.8 Å². The van der Waals surface area contributed by atoms with Gasteiger partial charge in [-0.3, -0.25) is 0 Å². The molecule has 2 N–H and O–H groups in total. The van der Waals surface area contributed by atoms with E-state index >= 15 is 0 Å². The number of hydrogen-bond acceptors (Lipinski definition) is 5. The highest BCUT2D eigenvalue weighted by Gasteiger charge is 2.13. The third-order valence-electron chi connectivity index (χ3n) is 1.89. The Morgan fingerprint density at radius 3 is 3.13 bits per heavy atom. The van der Waals surface area contributed by atoms with E-state index < -0.39 is 4.92 Å². The maximum Gasteiger partial charge on any atom is 0.366 e. The predicted molar refractivity (Wildman–Crippen MR) is 54.8 cm³/mol. The van der Waals surface area contributed by atoms with E-state index in [-0.39, 0.29) is 5.82 Å². The number of H-pyrrole nitrogens is 1. The highest BCUT2D eigenvalue weighted by atomic mass is 16.6. The second kappa shape index (κ2) is 5.97. The van der Waals surface area contributed by atoms with E-state index in [2.05, 4.69) is 15.5 Å². The van der Waals surface area contributed by atoms with Gasteiger partial charge in [0.1, 0.15) is 6.20 Å². The first kappa shape index (κ1) is 11.4. The van der Waals surface area contributed by atoms with Crippen LogP contribution in [0.2, 0.25) is 0 Å². The number of aromatic nitrogens is 2. The summed E-state index contributed by atoms with van der Waals surface area (Å²) in [5.41, 5.74) is 0.428. The molecule has 84 valence electrons. The number of nitrogens with one attached hydrogen (secondary N) is 2. The second-order valence-electron chi connectivity index (χ2n) is 3.02. The summed E-state index contributed by atoms with van der Waals surface area (Å²) in [5, 5.41) is 19.4. The standard InChI is InChI=1S/C8H14N4O3/c1-15-5-3-2-4-9-7-6-10-11-8(7)12(13)14/h6,9H,2-5H2,1H3,(H,10,11). The fourth-order valence-corrected chi connectivity index (χ4v) is 1.14. The Balaban J connectivity index is 2.31. The molecule has 0 aliphatic heterocycles. The van der Waals surface area contributed by atoms with Gasteiger partial charge in [0.2, 0.25) is 0 Å². The zero-order valence-corrected chi connectivity index (χ0v) is 8.52. The Labute approximate surface area is 87.0 Å². The van der Waals surface area contributed by atoms with Crippen molar-refractivity contribution in [3.63, 3.8) is 0 Å². The molecule has 0 bridgehead atoms. The zero-order chi connectivity index (χ0) is 11.1. The monoisotopic (exact) mass is 214 g/mol. The van der Waals surface area contributed by atoms with E-state index in [0.29, 0.717) is 18.8 Å². The van der Waals surface area contributed by atoms with E-state index in [4.69, 9.17) is 4.74 Å². The van der Waals surface area contributed by atoms with Crippen molar-refractivity contribution in [3.8, 4) is 0 Å². The normalized spacial score (nSPS) is 10.2. The minimum atomic E-state index is -0.496. The molecule has 7 heteroatoms. The van der Waals surface area contributed by atoms with E-state index in [9.17, 15) is 10.1 Å². The van der Waals surface area contributed by atoms with Gasteiger partial charge in [-0.25, -0.2) is 0 Å². The lowest BCUT2D eigenvalue weighted by molar-refractivity contribution is -0.388. The molecule has 7 nitrogen and oxygen atoms in total. The lowest BCUT2D eigenvalue weighted by Crippen LogP contribution is -2.04. The van der Waals surface area contributed by atoms with Crippen LogP contribution in [0.4, 0.5) is 11.5 Å². The fraction of sp³-hybridized carbons (Fsp3) is 0.625. The van der Waals surface area contributed by atoms with Gasteiger partial charge in [-0.2, -0.15) is 0 Å². The first-order valence-electron chi connectivity index (χ1n) is 4.66. The predicted octanol–water partition coefficient (Wildman–Crippen LogP) is 1.16. The maximum absolute atomic E-state index is 10.5. The third kappa shape index (κ3) is 3.55. The molecular weight excluding hydrogens is 200 g/mol. The summed E-state index contributed by atoms with van der Waals surface area (Å²) in [6.45, 7) is 1.37. The van der Waals surface area contributed by atoms with Gasteiger partial charge >= 0.3 is 5.82 Å². The first-order valence-corrected chi connectivity index (χ1v) is 4.66. The molecule has 1 heterocycles. The van der Waals surface area contributed by atoms with Crippen molar-refractivity contribution in [1.29, 1.82) is 0 Å². The van der Waals surface area contributed by atoms with E-state index in [1.807, 2.05) is 0 Å². The molecule has 1 aromatic heterocycles. The molecule has 0 aromatic carbocycles. The summed E-state index contributed by atoms with van der Waals surface area (Å²) in [6, 6.07) is 0. The number of methoxy groups -OCH3 is 1. The van der Waals surface area contributed by atoms with E-state index in [1.165, 1.54) is 6.20 Å². The van der Waals surface area contributed by atoms with Gasteiger partial charge in [-0.15, -0.1) is 5.10 Å². The van der Waals surface area contributed by atoms with Gasteiger partial charge in [0.05, 0.1) is 0 Å². The number of unbranched alkanes of at least 4 members (excludes halogenated alkanes) is 1. The molecule has 0 atom stereocenters. The Kier molecular flexibility index (Phi) is 4.55. The Hall–Kier alpha value is -1.63. The van der Waals surface area contributed by atoms with Crippen molar-refractivity contribution in [2.75, 3.05) is 25.6 Å². The second-order valence-corrected chi connectivity index (χ2v) is 3.02. The van der Waals surface area contributed by atoms with Gasteiger partial charge in [0.25, 0.3) is 0 Å². The molecule has 1 aromatic rings. The number of aromatic amines is 1. The van der Waals surface area contributed by atoms with Crippen LogP contribution in [0.1, 0.15) is 12.8 Å². The zero-order valence-electron chi connectivity index (χ0n) is 8.52. The first-order chi connectivity index (χ1) is 7.25. The van der Waals surface area contributed by atoms with Crippen LogP contribution in [0.15, 0.2) is 6.20 Å². The topological polar surface area (TPSA) is 93.1 Å². The van der Waals surface area contributed by atoms with Crippen LogP contribution in [-0.2, 0) is 4.74 Å². The molecule has 0 radical (unpaired) electrons. The largest absolute Gasteiger partial charge is 0.385 e. The van der Waals surface area contributed by atoms with E-state index in [0.717, 1.165) is 12.8 Å². The Bertz CT molecular complexity index is 313. The number of nitro groups is 1. The molecule has 0 saturated carbocycles. The highest BCUT2D eigenvalue weighted by molar-refractivity contribution is 5.55. The molecule has 0 amide bonds. The smallest absolute Gasteiger partial charge is 0.366 e. The third-order valence-corrected chi connectivity index (χ3v) is 1.89. The molecule has 0 unspecified atom stereocenters. The molecule has 1 rings (SSSR count). The van der Waals surface area contributed by atoms with E-state index in [1.54, 1.807) is 7.11 Å². The van der Waals surface area contributed by atoms with Crippen molar-refractivity contribution in [1.82, 2.24) is 10.2 Å². The van der Waals surface area contributed by atoms with Crippen molar-refractivity contribution in [2.24, 2.45) is 0 Å². The molecular formula is C8H14N4O3. The molecule has 0 spiro atoms. The van der Waals surface area contributed by atoms with Crippen LogP contribution < -0.4 is 5.32 Å².